The number of benzene rings is 2. The fourth-order valence-corrected chi connectivity index (χ4v) is 3.43. The second kappa shape index (κ2) is 7.59. The molecule has 0 amide bonds. The van der Waals surface area contributed by atoms with Crippen LogP contribution in [0.25, 0.3) is 11.3 Å². The number of thiazole rings is 1. The number of aromatic nitrogens is 1. The Morgan fingerprint density at radius 2 is 1.88 bits per heavy atom. The molecule has 6 heteroatoms. The van der Waals surface area contributed by atoms with Crippen molar-refractivity contribution < 1.29 is 4.39 Å². The predicted molar refractivity (Wildman–Crippen MR) is 100 cm³/mol. The molecule has 1 heterocycles. The SMILES string of the molecule is CN=c1scc(-c2ccccc2F)n1/N=C/c1ccc(SC)cc1. The fraction of sp³-hybridized carbons (Fsp3) is 0.111. The van der Waals surface area contributed by atoms with Gasteiger partial charge < -0.3 is 0 Å². The smallest absolute Gasteiger partial charge is 0.205 e. The number of thioether (sulfide) groups is 1. The van der Waals surface area contributed by atoms with Gasteiger partial charge in [-0.2, -0.15) is 5.10 Å². The minimum atomic E-state index is -0.272. The Kier molecular flexibility index (Phi) is 5.27. The summed E-state index contributed by atoms with van der Waals surface area (Å²) in [6.45, 7) is 0. The third-order valence-electron chi connectivity index (χ3n) is 3.46. The Labute approximate surface area is 148 Å². The zero-order valence-corrected chi connectivity index (χ0v) is 14.9. The first-order valence-corrected chi connectivity index (χ1v) is 9.40. The second-order valence-corrected chi connectivity index (χ2v) is 6.65. The molecule has 1 aromatic heterocycles. The van der Waals surface area contributed by atoms with Crippen molar-refractivity contribution >= 4 is 29.3 Å². The summed E-state index contributed by atoms with van der Waals surface area (Å²) < 4.78 is 15.8. The summed E-state index contributed by atoms with van der Waals surface area (Å²) in [5.41, 5.74) is 2.18. The van der Waals surface area contributed by atoms with E-state index in [2.05, 4.69) is 10.1 Å². The van der Waals surface area contributed by atoms with E-state index >= 15 is 0 Å². The van der Waals surface area contributed by atoms with Crippen LogP contribution in [0.2, 0.25) is 0 Å². The van der Waals surface area contributed by atoms with Gasteiger partial charge in [0.15, 0.2) is 0 Å². The second-order valence-electron chi connectivity index (χ2n) is 4.94. The third kappa shape index (κ3) is 3.49. The van der Waals surface area contributed by atoms with E-state index < -0.39 is 0 Å². The van der Waals surface area contributed by atoms with Crippen molar-refractivity contribution in [1.29, 1.82) is 0 Å². The van der Waals surface area contributed by atoms with Gasteiger partial charge in [0.2, 0.25) is 4.80 Å². The number of halogens is 1. The van der Waals surface area contributed by atoms with Crippen molar-refractivity contribution in [3.05, 3.63) is 70.1 Å². The van der Waals surface area contributed by atoms with Gasteiger partial charge in [0.1, 0.15) is 5.82 Å². The molecular weight excluding hydrogens is 341 g/mol. The molecule has 0 saturated carbocycles. The van der Waals surface area contributed by atoms with E-state index in [4.69, 9.17) is 0 Å². The minimum Gasteiger partial charge on any atom is -0.261 e. The van der Waals surface area contributed by atoms with Crippen molar-refractivity contribution in [2.24, 2.45) is 10.1 Å². The number of hydrogen-bond donors (Lipinski definition) is 0. The summed E-state index contributed by atoms with van der Waals surface area (Å²) >= 11 is 3.13. The van der Waals surface area contributed by atoms with Gasteiger partial charge in [-0.05, 0) is 36.1 Å². The zero-order chi connectivity index (χ0) is 16.9. The number of nitrogens with zero attached hydrogens (tertiary/aromatic N) is 3. The molecule has 3 rings (SSSR count). The van der Waals surface area contributed by atoms with Crippen LogP contribution in [0.15, 0.2) is 68.9 Å². The average molecular weight is 357 g/mol. The van der Waals surface area contributed by atoms with Crippen molar-refractivity contribution in [1.82, 2.24) is 4.68 Å². The zero-order valence-electron chi connectivity index (χ0n) is 13.3. The van der Waals surface area contributed by atoms with Gasteiger partial charge >= 0.3 is 0 Å². The van der Waals surface area contributed by atoms with Gasteiger partial charge in [0.25, 0.3) is 0 Å². The highest BCUT2D eigenvalue weighted by Crippen LogP contribution is 2.23. The predicted octanol–water partition coefficient (Wildman–Crippen LogP) is 4.49. The van der Waals surface area contributed by atoms with Gasteiger partial charge in [0, 0.05) is 22.9 Å². The highest BCUT2D eigenvalue weighted by Gasteiger charge is 2.10. The van der Waals surface area contributed by atoms with Gasteiger partial charge in [-0.25, -0.2) is 9.07 Å². The van der Waals surface area contributed by atoms with Crippen LogP contribution in [0, 0.1) is 5.82 Å². The van der Waals surface area contributed by atoms with Gasteiger partial charge in [-0.1, -0.05) is 24.3 Å². The normalized spacial score (nSPS) is 12.2. The Balaban J connectivity index is 2.02. The molecule has 0 aliphatic carbocycles. The molecule has 0 fully saturated rings. The molecule has 3 aromatic rings. The summed E-state index contributed by atoms with van der Waals surface area (Å²) in [6.07, 6.45) is 3.80. The summed E-state index contributed by atoms with van der Waals surface area (Å²) in [7, 11) is 1.70. The van der Waals surface area contributed by atoms with Gasteiger partial charge in [0.05, 0.1) is 11.9 Å². The van der Waals surface area contributed by atoms with Crippen LogP contribution in [0.1, 0.15) is 5.56 Å². The molecule has 0 aliphatic rings. The molecule has 0 bridgehead atoms. The molecule has 0 spiro atoms. The van der Waals surface area contributed by atoms with E-state index in [1.54, 1.807) is 41.8 Å². The minimum absolute atomic E-state index is 0.272. The van der Waals surface area contributed by atoms with Crippen LogP contribution in [0.4, 0.5) is 4.39 Å². The van der Waals surface area contributed by atoms with Crippen molar-refractivity contribution in [2.75, 3.05) is 13.3 Å². The van der Waals surface area contributed by atoms with Crippen LogP contribution in [0.5, 0.6) is 0 Å². The average Bonchev–Trinajstić information content (AvgIpc) is 3.03. The van der Waals surface area contributed by atoms with Crippen molar-refractivity contribution in [3.8, 4) is 11.3 Å². The summed E-state index contributed by atoms with van der Waals surface area (Å²) in [5.74, 6) is -0.272. The van der Waals surface area contributed by atoms with E-state index in [0.717, 1.165) is 5.56 Å². The number of hydrogen-bond acceptors (Lipinski definition) is 4. The highest BCUT2D eigenvalue weighted by atomic mass is 32.2. The van der Waals surface area contributed by atoms with E-state index in [0.29, 0.717) is 16.1 Å². The lowest BCUT2D eigenvalue weighted by Crippen LogP contribution is -2.11. The summed E-state index contributed by atoms with van der Waals surface area (Å²) in [4.78, 5) is 6.14. The maximum absolute atomic E-state index is 14.1. The van der Waals surface area contributed by atoms with E-state index in [-0.39, 0.29) is 5.82 Å². The molecule has 24 heavy (non-hydrogen) atoms. The first kappa shape index (κ1) is 16.7. The van der Waals surface area contributed by atoms with E-state index in [1.807, 2.05) is 42.0 Å². The summed E-state index contributed by atoms with van der Waals surface area (Å²) in [6, 6.07) is 14.8. The molecular formula is C18H16FN3S2. The van der Waals surface area contributed by atoms with E-state index in [9.17, 15) is 4.39 Å². The topological polar surface area (TPSA) is 29.6 Å². The fourth-order valence-electron chi connectivity index (χ4n) is 2.23. The van der Waals surface area contributed by atoms with Crippen LogP contribution >= 0.6 is 23.1 Å². The standard InChI is InChI=1S/C18H16FN3S2/c1-20-18-22(21-11-13-7-9-14(23-2)10-8-13)17(12-24-18)15-5-3-4-6-16(15)19/h3-12H,1-2H3/b20-18?,21-11+. The van der Waals surface area contributed by atoms with Crippen LogP contribution in [0.3, 0.4) is 0 Å². The van der Waals surface area contributed by atoms with Crippen LogP contribution < -0.4 is 4.80 Å². The molecule has 122 valence electrons. The summed E-state index contributed by atoms with van der Waals surface area (Å²) in [5, 5.41) is 6.39. The molecule has 0 unspecified atom stereocenters. The lowest BCUT2D eigenvalue weighted by Gasteiger charge is -2.04. The molecule has 0 radical (unpaired) electrons. The molecule has 2 aromatic carbocycles. The Morgan fingerprint density at radius 1 is 1.12 bits per heavy atom. The Morgan fingerprint density at radius 3 is 2.54 bits per heavy atom. The first-order valence-electron chi connectivity index (χ1n) is 7.29. The largest absolute Gasteiger partial charge is 0.261 e. The lowest BCUT2D eigenvalue weighted by atomic mass is 10.1. The number of rotatable bonds is 4. The molecule has 0 saturated heterocycles. The Bertz CT molecular complexity index is 924. The van der Waals surface area contributed by atoms with Crippen molar-refractivity contribution in [3.63, 3.8) is 0 Å². The lowest BCUT2D eigenvalue weighted by molar-refractivity contribution is 0.629. The molecule has 3 nitrogen and oxygen atoms in total. The Hall–Kier alpha value is -2.18. The third-order valence-corrected chi connectivity index (χ3v) is 5.12. The maximum Gasteiger partial charge on any atom is 0.205 e. The van der Waals surface area contributed by atoms with Crippen molar-refractivity contribution in [2.45, 2.75) is 4.90 Å². The molecule has 0 atom stereocenters. The highest BCUT2D eigenvalue weighted by molar-refractivity contribution is 7.98. The van der Waals surface area contributed by atoms with Gasteiger partial charge in [-0.3, -0.25) is 4.99 Å². The van der Waals surface area contributed by atoms with E-state index in [1.165, 1.54) is 22.3 Å². The van der Waals surface area contributed by atoms with Gasteiger partial charge in [-0.15, -0.1) is 23.1 Å². The molecule has 0 aliphatic heterocycles. The monoisotopic (exact) mass is 357 g/mol. The van der Waals surface area contributed by atoms with Crippen LogP contribution in [-0.2, 0) is 0 Å². The van der Waals surface area contributed by atoms with Crippen LogP contribution in [-0.4, -0.2) is 24.2 Å². The molecule has 0 N–H and O–H groups in total. The first-order chi connectivity index (χ1) is 11.7. The maximum atomic E-state index is 14.1. The quantitative estimate of drug-likeness (QED) is 0.500.